The molecule has 4 heteroatoms. The molecule has 0 spiro atoms. The van der Waals surface area contributed by atoms with Gasteiger partial charge in [0.25, 0.3) is 5.91 Å². The molecule has 0 saturated heterocycles. The van der Waals surface area contributed by atoms with E-state index >= 15 is 0 Å². The van der Waals surface area contributed by atoms with Gasteiger partial charge >= 0.3 is 0 Å². The number of terminal acetylenes is 1. The van der Waals surface area contributed by atoms with E-state index in [-0.39, 0.29) is 11.6 Å². The topological polar surface area (TPSA) is 55.1 Å². The van der Waals surface area contributed by atoms with Crippen molar-refractivity contribution in [3.8, 4) is 12.3 Å². The minimum Gasteiger partial charge on any atom is -0.396 e. The van der Waals surface area contributed by atoms with E-state index in [1.54, 1.807) is 0 Å². The smallest absolute Gasteiger partial charge is 0.251 e. The first-order chi connectivity index (χ1) is 8.15. The van der Waals surface area contributed by atoms with Crippen LogP contribution in [0.2, 0.25) is 0 Å². The molecule has 3 nitrogen and oxygen atoms in total. The quantitative estimate of drug-likeness (QED) is 0.464. The van der Waals surface area contributed by atoms with E-state index in [1.807, 2.05) is 0 Å². The van der Waals surface area contributed by atoms with Gasteiger partial charge in [-0.3, -0.25) is 4.79 Å². The molecule has 0 heterocycles. The molecule has 0 fully saturated rings. The van der Waals surface area contributed by atoms with Crippen molar-refractivity contribution in [3.63, 3.8) is 0 Å². The van der Waals surface area contributed by atoms with Gasteiger partial charge in [-0.1, -0.05) is 0 Å². The molecule has 0 aromatic heterocycles. The SMILES string of the molecule is C#CCCCCNC(=O)c1ccc(F)c(N)c1. The van der Waals surface area contributed by atoms with E-state index < -0.39 is 5.82 Å². The molecular formula is C13H15FN2O. The Hall–Kier alpha value is -2.02. The summed E-state index contributed by atoms with van der Waals surface area (Å²) in [5.74, 6) is 1.76. The van der Waals surface area contributed by atoms with E-state index in [0.29, 0.717) is 18.5 Å². The maximum Gasteiger partial charge on any atom is 0.251 e. The first-order valence-electron chi connectivity index (χ1n) is 5.42. The third-order valence-electron chi connectivity index (χ3n) is 2.29. The number of unbranched alkanes of at least 4 members (excludes halogenated alkanes) is 2. The van der Waals surface area contributed by atoms with Gasteiger partial charge < -0.3 is 11.1 Å². The fourth-order valence-electron chi connectivity index (χ4n) is 1.34. The lowest BCUT2D eigenvalue weighted by molar-refractivity contribution is 0.0953. The highest BCUT2D eigenvalue weighted by molar-refractivity contribution is 5.94. The largest absolute Gasteiger partial charge is 0.396 e. The Labute approximate surface area is 100 Å². The Morgan fingerprint density at radius 1 is 1.47 bits per heavy atom. The van der Waals surface area contributed by atoms with Gasteiger partial charge in [0.1, 0.15) is 5.82 Å². The van der Waals surface area contributed by atoms with Gasteiger partial charge in [0.2, 0.25) is 0 Å². The number of nitrogens with one attached hydrogen (secondary N) is 1. The van der Waals surface area contributed by atoms with Gasteiger partial charge in [0.15, 0.2) is 0 Å². The number of nitrogens with two attached hydrogens (primary N) is 1. The number of carbonyl (C=O) groups excluding carboxylic acids is 1. The normalized spacial score (nSPS) is 9.65. The fourth-order valence-corrected chi connectivity index (χ4v) is 1.34. The Morgan fingerprint density at radius 3 is 2.88 bits per heavy atom. The number of nitrogen functional groups attached to an aromatic ring is 1. The third kappa shape index (κ3) is 4.15. The average Bonchev–Trinajstić information content (AvgIpc) is 2.32. The summed E-state index contributed by atoms with van der Waals surface area (Å²) in [4.78, 5) is 11.6. The monoisotopic (exact) mass is 234 g/mol. The highest BCUT2D eigenvalue weighted by atomic mass is 19.1. The molecule has 0 bridgehead atoms. The van der Waals surface area contributed by atoms with Crippen molar-refractivity contribution in [1.29, 1.82) is 0 Å². The molecule has 17 heavy (non-hydrogen) atoms. The molecule has 90 valence electrons. The maximum absolute atomic E-state index is 12.9. The molecule has 1 amide bonds. The first-order valence-corrected chi connectivity index (χ1v) is 5.42. The lowest BCUT2D eigenvalue weighted by Crippen LogP contribution is -2.24. The van der Waals surface area contributed by atoms with Gasteiger partial charge in [-0.15, -0.1) is 12.3 Å². The van der Waals surface area contributed by atoms with Gasteiger partial charge in [-0.2, -0.15) is 0 Å². The van der Waals surface area contributed by atoms with Crippen LogP contribution in [0, 0.1) is 18.2 Å². The van der Waals surface area contributed by atoms with Crippen molar-refractivity contribution in [2.45, 2.75) is 19.3 Å². The molecule has 0 unspecified atom stereocenters. The summed E-state index contributed by atoms with van der Waals surface area (Å²) >= 11 is 0. The fraction of sp³-hybridized carbons (Fsp3) is 0.308. The summed E-state index contributed by atoms with van der Waals surface area (Å²) in [5, 5.41) is 2.72. The summed E-state index contributed by atoms with van der Waals surface area (Å²) in [6.45, 7) is 0.553. The highest BCUT2D eigenvalue weighted by Crippen LogP contribution is 2.11. The van der Waals surface area contributed by atoms with Gasteiger partial charge in [0.05, 0.1) is 5.69 Å². The van der Waals surface area contributed by atoms with Crippen LogP contribution in [0.4, 0.5) is 10.1 Å². The summed E-state index contributed by atoms with van der Waals surface area (Å²) in [6, 6.07) is 3.91. The van der Waals surface area contributed by atoms with Crippen molar-refractivity contribution in [3.05, 3.63) is 29.6 Å². The van der Waals surface area contributed by atoms with Crippen LogP contribution in [-0.4, -0.2) is 12.5 Å². The van der Waals surface area contributed by atoms with Crippen LogP contribution in [0.25, 0.3) is 0 Å². The highest BCUT2D eigenvalue weighted by Gasteiger charge is 2.07. The zero-order valence-electron chi connectivity index (χ0n) is 9.50. The van der Waals surface area contributed by atoms with Crippen molar-refractivity contribution in [2.75, 3.05) is 12.3 Å². The van der Waals surface area contributed by atoms with Crippen LogP contribution in [0.1, 0.15) is 29.6 Å². The number of hydrogen-bond acceptors (Lipinski definition) is 2. The van der Waals surface area contributed by atoms with Crippen LogP contribution in [0.15, 0.2) is 18.2 Å². The predicted molar refractivity (Wildman–Crippen MR) is 65.8 cm³/mol. The number of rotatable bonds is 5. The molecule has 0 radical (unpaired) electrons. The molecule has 0 aliphatic heterocycles. The van der Waals surface area contributed by atoms with Crippen molar-refractivity contribution in [1.82, 2.24) is 5.32 Å². The number of amides is 1. The summed E-state index contributed by atoms with van der Waals surface area (Å²) in [5.41, 5.74) is 5.71. The second kappa shape index (κ2) is 6.54. The average molecular weight is 234 g/mol. The summed E-state index contributed by atoms with van der Waals surface area (Å²) < 4.78 is 12.9. The van der Waals surface area contributed by atoms with Crippen molar-refractivity contribution in [2.24, 2.45) is 0 Å². The lowest BCUT2D eigenvalue weighted by Gasteiger charge is -2.05. The molecule has 1 aromatic rings. The molecule has 1 rings (SSSR count). The molecule has 0 atom stereocenters. The maximum atomic E-state index is 12.9. The number of carbonyl (C=O) groups is 1. The number of hydrogen-bond donors (Lipinski definition) is 2. The Bertz CT molecular complexity index is 438. The molecule has 0 saturated carbocycles. The predicted octanol–water partition coefficient (Wildman–Crippen LogP) is 1.94. The Morgan fingerprint density at radius 2 is 2.24 bits per heavy atom. The van der Waals surface area contributed by atoms with E-state index in [9.17, 15) is 9.18 Å². The third-order valence-corrected chi connectivity index (χ3v) is 2.29. The van der Waals surface area contributed by atoms with Crippen LogP contribution < -0.4 is 11.1 Å². The summed E-state index contributed by atoms with van der Waals surface area (Å²) in [6.07, 6.45) is 7.52. The number of anilines is 1. The Kier molecular flexibility index (Phi) is 5.02. The second-order valence-electron chi connectivity index (χ2n) is 3.65. The molecule has 3 N–H and O–H groups in total. The van der Waals surface area contributed by atoms with Crippen molar-refractivity contribution < 1.29 is 9.18 Å². The van der Waals surface area contributed by atoms with E-state index in [0.717, 1.165) is 12.8 Å². The minimum absolute atomic E-state index is 0.0232. The first kappa shape index (κ1) is 13.0. The van der Waals surface area contributed by atoms with E-state index in [2.05, 4.69) is 11.2 Å². The standard InChI is InChI=1S/C13H15FN2O/c1-2-3-4-5-8-16-13(17)10-6-7-11(14)12(15)9-10/h1,6-7,9H,3-5,8,15H2,(H,16,17). The molecule has 1 aromatic carbocycles. The van der Waals surface area contributed by atoms with E-state index in [1.165, 1.54) is 18.2 Å². The Balaban J connectivity index is 2.42. The van der Waals surface area contributed by atoms with Crippen LogP contribution in [-0.2, 0) is 0 Å². The van der Waals surface area contributed by atoms with Crippen LogP contribution in [0.3, 0.4) is 0 Å². The molecular weight excluding hydrogens is 219 g/mol. The van der Waals surface area contributed by atoms with Crippen LogP contribution in [0.5, 0.6) is 0 Å². The lowest BCUT2D eigenvalue weighted by atomic mass is 10.2. The molecule has 0 aliphatic rings. The number of halogens is 1. The second-order valence-corrected chi connectivity index (χ2v) is 3.65. The van der Waals surface area contributed by atoms with Crippen LogP contribution >= 0.6 is 0 Å². The van der Waals surface area contributed by atoms with Gasteiger partial charge in [0, 0.05) is 18.5 Å². The minimum atomic E-state index is -0.518. The molecule has 0 aliphatic carbocycles. The van der Waals surface area contributed by atoms with Crippen molar-refractivity contribution >= 4 is 11.6 Å². The zero-order valence-corrected chi connectivity index (χ0v) is 9.50. The zero-order chi connectivity index (χ0) is 12.7. The van der Waals surface area contributed by atoms with Gasteiger partial charge in [-0.05, 0) is 31.0 Å². The summed E-state index contributed by atoms with van der Waals surface area (Å²) in [7, 11) is 0. The number of benzene rings is 1. The van der Waals surface area contributed by atoms with Gasteiger partial charge in [-0.25, -0.2) is 4.39 Å². The van der Waals surface area contributed by atoms with E-state index in [4.69, 9.17) is 12.2 Å².